The van der Waals surface area contributed by atoms with Crippen molar-refractivity contribution in [2.75, 3.05) is 0 Å². The molecule has 9 heavy (non-hydrogen) atoms. The Labute approximate surface area is 47.7 Å². The lowest BCUT2D eigenvalue weighted by Crippen LogP contribution is -2.61. The Hall–Kier alpha value is -0.350. The van der Waals surface area contributed by atoms with Crippen molar-refractivity contribution in [1.29, 1.82) is 0 Å². The number of hydrogen-bond acceptors (Lipinski definition) is 0. The normalized spacial score (nSPS) is 37.7. The monoisotopic (exact) mass is 145 g/mol. The van der Waals surface area contributed by atoms with Crippen molar-refractivity contribution in [2.24, 2.45) is 0 Å². The zero-order valence-corrected chi connectivity index (χ0v) is 4.04. The van der Waals surface area contributed by atoms with E-state index in [9.17, 15) is 22.0 Å². The zero-order valence-electron chi connectivity index (χ0n) is 4.04. The molecule has 0 N–H and O–H groups in total. The molecule has 1 atom stereocenters. The summed E-state index contributed by atoms with van der Waals surface area (Å²) < 4.78 is 57.7. The van der Waals surface area contributed by atoms with Crippen LogP contribution in [0.25, 0.3) is 0 Å². The van der Waals surface area contributed by atoms with E-state index in [1.807, 2.05) is 0 Å². The minimum Gasteiger partial charge on any atom is -0.240 e. The standard InChI is InChI=1S/C4H2F5/c5-2-1-3(6,7)4(2,8)9/h1-2H. The molecular weight excluding hydrogens is 143 g/mol. The van der Waals surface area contributed by atoms with E-state index in [0.717, 1.165) is 0 Å². The first kappa shape index (κ1) is 6.77. The van der Waals surface area contributed by atoms with Crippen LogP contribution in [0.1, 0.15) is 0 Å². The molecule has 0 spiro atoms. The van der Waals surface area contributed by atoms with Crippen LogP contribution in [-0.4, -0.2) is 18.0 Å². The van der Waals surface area contributed by atoms with Crippen molar-refractivity contribution < 1.29 is 22.0 Å². The third kappa shape index (κ3) is 0.632. The first-order valence-electron chi connectivity index (χ1n) is 2.13. The summed E-state index contributed by atoms with van der Waals surface area (Å²) in [5, 5.41) is 0. The summed E-state index contributed by atoms with van der Waals surface area (Å²) >= 11 is 0. The van der Waals surface area contributed by atoms with E-state index >= 15 is 0 Å². The summed E-state index contributed by atoms with van der Waals surface area (Å²) in [6, 6.07) is 0. The SMILES string of the molecule is FC1[CH]C(F)(F)C1(F)F. The molecule has 0 aromatic heterocycles. The maximum Gasteiger partial charge on any atom is 0.341 e. The second-order valence-electron chi connectivity index (χ2n) is 1.81. The molecule has 0 amide bonds. The molecule has 1 aliphatic carbocycles. The van der Waals surface area contributed by atoms with E-state index in [-0.39, 0.29) is 6.42 Å². The molecule has 0 aliphatic heterocycles. The molecule has 1 rings (SSSR count). The van der Waals surface area contributed by atoms with Crippen LogP contribution in [0.3, 0.4) is 0 Å². The highest BCUT2D eigenvalue weighted by atomic mass is 19.3. The molecule has 53 valence electrons. The van der Waals surface area contributed by atoms with Gasteiger partial charge >= 0.3 is 11.8 Å². The third-order valence-corrected chi connectivity index (χ3v) is 1.15. The highest BCUT2D eigenvalue weighted by Gasteiger charge is 2.73. The van der Waals surface area contributed by atoms with Gasteiger partial charge in [0, 0.05) is 0 Å². The molecule has 0 saturated heterocycles. The van der Waals surface area contributed by atoms with Crippen LogP contribution in [0.2, 0.25) is 0 Å². The lowest BCUT2D eigenvalue weighted by atomic mass is 9.87. The molecule has 0 bridgehead atoms. The van der Waals surface area contributed by atoms with Gasteiger partial charge in [-0.1, -0.05) is 0 Å². The minimum absolute atomic E-state index is 0.312. The maximum atomic E-state index is 11.6. The van der Waals surface area contributed by atoms with Crippen molar-refractivity contribution in [1.82, 2.24) is 0 Å². The fourth-order valence-electron chi connectivity index (χ4n) is 0.487. The van der Waals surface area contributed by atoms with Crippen LogP contribution < -0.4 is 0 Å². The quantitative estimate of drug-likeness (QED) is 0.456. The van der Waals surface area contributed by atoms with Gasteiger partial charge in [0.25, 0.3) is 0 Å². The number of alkyl halides is 5. The van der Waals surface area contributed by atoms with Gasteiger partial charge < -0.3 is 0 Å². The second kappa shape index (κ2) is 1.38. The number of halogens is 5. The van der Waals surface area contributed by atoms with Gasteiger partial charge in [-0.2, -0.15) is 17.6 Å². The molecule has 0 heterocycles. The highest BCUT2D eigenvalue weighted by molar-refractivity contribution is 5.17. The van der Waals surface area contributed by atoms with Crippen LogP contribution in [0.15, 0.2) is 0 Å². The van der Waals surface area contributed by atoms with Crippen LogP contribution >= 0.6 is 0 Å². The fourth-order valence-corrected chi connectivity index (χ4v) is 0.487. The van der Waals surface area contributed by atoms with Crippen molar-refractivity contribution >= 4 is 0 Å². The Bertz CT molecular complexity index is 129. The summed E-state index contributed by atoms with van der Waals surface area (Å²) in [7, 11) is 0. The number of rotatable bonds is 0. The molecule has 0 nitrogen and oxygen atoms in total. The zero-order chi connectivity index (χ0) is 7.28. The Morgan fingerprint density at radius 1 is 1.11 bits per heavy atom. The van der Waals surface area contributed by atoms with Gasteiger partial charge in [-0.05, 0) is 0 Å². The average molecular weight is 145 g/mol. The lowest BCUT2D eigenvalue weighted by Gasteiger charge is -2.38. The van der Waals surface area contributed by atoms with Gasteiger partial charge in [0.2, 0.25) is 0 Å². The van der Waals surface area contributed by atoms with Gasteiger partial charge in [0.15, 0.2) is 6.17 Å². The van der Waals surface area contributed by atoms with Crippen LogP contribution in [0.4, 0.5) is 22.0 Å². The Morgan fingerprint density at radius 3 is 1.56 bits per heavy atom. The predicted molar refractivity (Wildman–Crippen MR) is 19.1 cm³/mol. The second-order valence-corrected chi connectivity index (χ2v) is 1.81. The van der Waals surface area contributed by atoms with Crippen molar-refractivity contribution in [3.05, 3.63) is 6.42 Å². The van der Waals surface area contributed by atoms with E-state index in [1.54, 1.807) is 0 Å². The Kier molecular flexibility index (Phi) is 1.04. The molecule has 1 fully saturated rings. The summed E-state index contributed by atoms with van der Waals surface area (Å²) in [6.07, 6.45) is -3.10. The lowest BCUT2D eigenvalue weighted by molar-refractivity contribution is -0.273. The predicted octanol–water partition coefficient (Wildman–Crippen LogP) is 1.81. The van der Waals surface area contributed by atoms with Gasteiger partial charge in [-0.15, -0.1) is 0 Å². The van der Waals surface area contributed by atoms with Gasteiger partial charge in [-0.3, -0.25) is 0 Å². The highest BCUT2D eigenvalue weighted by Crippen LogP contribution is 2.51. The molecule has 1 unspecified atom stereocenters. The van der Waals surface area contributed by atoms with Crippen LogP contribution in [-0.2, 0) is 0 Å². The summed E-state index contributed by atoms with van der Waals surface area (Å²) in [5.41, 5.74) is 0. The molecular formula is C4H2F5. The maximum absolute atomic E-state index is 11.6. The third-order valence-electron chi connectivity index (χ3n) is 1.15. The molecule has 5 heteroatoms. The molecule has 0 aromatic rings. The van der Waals surface area contributed by atoms with E-state index in [4.69, 9.17) is 0 Å². The summed E-state index contributed by atoms with van der Waals surface area (Å²) in [5.74, 6) is -8.72. The van der Waals surface area contributed by atoms with E-state index < -0.39 is 18.0 Å². The smallest absolute Gasteiger partial charge is 0.240 e. The summed E-state index contributed by atoms with van der Waals surface area (Å²) in [4.78, 5) is 0. The van der Waals surface area contributed by atoms with Crippen LogP contribution in [0, 0.1) is 6.42 Å². The largest absolute Gasteiger partial charge is 0.341 e. The summed E-state index contributed by atoms with van der Waals surface area (Å²) in [6.45, 7) is 0. The minimum atomic E-state index is -4.48. The first-order valence-corrected chi connectivity index (χ1v) is 2.13. The van der Waals surface area contributed by atoms with Gasteiger partial charge in [0.1, 0.15) is 0 Å². The van der Waals surface area contributed by atoms with Gasteiger partial charge in [-0.25, -0.2) is 4.39 Å². The first-order chi connectivity index (χ1) is 3.88. The topological polar surface area (TPSA) is 0 Å². The van der Waals surface area contributed by atoms with Crippen molar-refractivity contribution in [3.8, 4) is 0 Å². The molecule has 1 radical (unpaired) electrons. The van der Waals surface area contributed by atoms with Crippen LogP contribution in [0.5, 0.6) is 0 Å². The molecule has 1 aliphatic rings. The van der Waals surface area contributed by atoms with E-state index in [1.165, 1.54) is 0 Å². The van der Waals surface area contributed by atoms with Crippen molar-refractivity contribution in [2.45, 2.75) is 18.0 Å². The van der Waals surface area contributed by atoms with E-state index in [2.05, 4.69) is 0 Å². The van der Waals surface area contributed by atoms with Gasteiger partial charge in [0.05, 0.1) is 6.42 Å². The number of hydrogen-bond donors (Lipinski definition) is 0. The molecule has 1 saturated carbocycles. The fraction of sp³-hybridized carbons (Fsp3) is 0.750. The van der Waals surface area contributed by atoms with Crippen molar-refractivity contribution in [3.63, 3.8) is 0 Å². The van der Waals surface area contributed by atoms with E-state index in [0.29, 0.717) is 0 Å². The Morgan fingerprint density at radius 2 is 1.56 bits per heavy atom. The average Bonchev–Trinajstić information content (AvgIpc) is 1.65. The molecule has 0 aromatic carbocycles. The Balaban J connectivity index is 2.70.